The molecule has 0 spiro atoms. The van der Waals surface area contributed by atoms with Crippen LogP contribution in [-0.4, -0.2) is 14.8 Å². The largest absolute Gasteiger partial charge is 0.306 e. The first-order valence-electron chi connectivity index (χ1n) is 5.57. The topological polar surface area (TPSA) is 42.7 Å². The molecule has 0 unspecified atom stereocenters. The molecule has 18 heavy (non-hydrogen) atoms. The maximum Gasteiger partial charge on any atom is 0.263 e. The van der Waals surface area contributed by atoms with Gasteiger partial charge in [0.25, 0.3) is 6.43 Å². The lowest BCUT2D eigenvalue weighted by Gasteiger charge is -2.05. The minimum absolute atomic E-state index is 0.0465. The van der Waals surface area contributed by atoms with Crippen LogP contribution in [0.2, 0.25) is 0 Å². The third-order valence-corrected chi connectivity index (χ3v) is 2.46. The van der Waals surface area contributed by atoms with E-state index in [1.165, 1.54) is 12.1 Å². The van der Waals surface area contributed by atoms with Gasteiger partial charge in [-0.15, -0.1) is 0 Å². The number of aromatic nitrogens is 3. The van der Waals surface area contributed by atoms with Crippen LogP contribution in [0, 0.1) is 0 Å². The average molecular weight is 252 g/mol. The number of nitrogens with one attached hydrogen (secondary N) is 1. The van der Waals surface area contributed by atoms with E-state index < -0.39 is 6.43 Å². The second-order valence-corrected chi connectivity index (χ2v) is 3.98. The zero-order valence-corrected chi connectivity index (χ0v) is 9.98. The normalized spacial score (nSPS) is 11.1. The standard InChI is InChI=1S/C12H14F2N4/c1-18-8-16-11(17-18)7-15-6-9-3-2-4-10(5-9)12(13)14/h2-5,8,12,15H,6-7H2,1H3. The highest BCUT2D eigenvalue weighted by atomic mass is 19.3. The molecule has 1 aromatic heterocycles. The van der Waals surface area contributed by atoms with E-state index in [1.807, 2.05) is 6.07 Å². The molecule has 4 nitrogen and oxygen atoms in total. The van der Waals surface area contributed by atoms with E-state index in [0.29, 0.717) is 18.9 Å². The van der Waals surface area contributed by atoms with Gasteiger partial charge in [-0.1, -0.05) is 18.2 Å². The molecule has 6 heteroatoms. The van der Waals surface area contributed by atoms with Crippen LogP contribution < -0.4 is 5.32 Å². The van der Waals surface area contributed by atoms with Crippen LogP contribution in [0.4, 0.5) is 8.78 Å². The minimum atomic E-state index is -2.43. The van der Waals surface area contributed by atoms with E-state index in [0.717, 1.165) is 5.56 Å². The number of hydrogen-bond acceptors (Lipinski definition) is 3. The monoisotopic (exact) mass is 252 g/mol. The molecule has 0 amide bonds. The van der Waals surface area contributed by atoms with Crippen molar-refractivity contribution < 1.29 is 8.78 Å². The Balaban J connectivity index is 1.88. The second kappa shape index (κ2) is 5.68. The number of rotatable bonds is 5. The van der Waals surface area contributed by atoms with Gasteiger partial charge in [-0.2, -0.15) is 5.10 Å². The molecular formula is C12H14F2N4. The summed E-state index contributed by atoms with van der Waals surface area (Å²) in [6, 6.07) is 6.38. The number of alkyl halides is 2. The molecule has 0 saturated carbocycles. The Morgan fingerprint density at radius 1 is 1.33 bits per heavy atom. The first-order valence-corrected chi connectivity index (χ1v) is 5.57. The fourth-order valence-corrected chi connectivity index (χ4v) is 1.62. The van der Waals surface area contributed by atoms with Gasteiger partial charge in [-0.05, 0) is 11.6 Å². The zero-order valence-electron chi connectivity index (χ0n) is 9.98. The average Bonchev–Trinajstić information content (AvgIpc) is 2.75. The Bertz CT molecular complexity index is 510. The van der Waals surface area contributed by atoms with Gasteiger partial charge in [0, 0.05) is 19.2 Å². The highest BCUT2D eigenvalue weighted by Gasteiger charge is 2.06. The molecule has 0 aliphatic carbocycles. The first-order chi connectivity index (χ1) is 8.65. The third kappa shape index (κ3) is 3.33. The highest BCUT2D eigenvalue weighted by molar-refractivity contribution is 5.24. The summed E-state index contributed by atoms with van der Waals surface area (Å²) in [7, 11) is 1.79. The fourth-order valence-electron chi connectivity index (χ4n) is 1.62. The maximum atomic E-state index is 12.5. The number of nitrogens with zero attached hydrogens (tertiary/aromatic N) is 3. The van der Waals surface area contributed by atoms with Crippen LogP contribution in [0.25, 0.3) is 0 Å². The van der Waals surface area contributed by atoms with Crippen molar-refractivity contribution in [2.24, 2.45) is 7.05 Å². The van der Waals surface area contributed by atoms with Gasteiger partial charge in [0.05, 0.1) is 6.54 Å². The Morgan fingerprint density at radius 2 is 2.17 bits per heavy atom. The quantitative estimate of drug-likeness (QED) is 0.885. The summed E-state index contributed by atoms with van der Waals surface area (Å²) in [5.74, 6) is 0.683. The predicted molar refractivity (Wildman–Crippen MR) is 62.9 cm³/mol. The molecule has 2 aromatic rings. The fraction of sp³-hybridized carbons (Fsp3) is 0.333. The summed E-state index contributed by atoms with van der Waals surface area (Å²) >= 11 is 0. The van der Waals surface area contributed by atoms with Crippen molar-refractivity contribution in [3.05, 3.63) is 47.5 Å². The van der Waals surface area contributed by atoms with Crippen molar-refractivity contribution >= 4 is 0 Å². The number of halogens is 2. The van der Waals surface area contributed by atoms with Gasteiger partial charge >= 0.3 is 0 Å². The van der Waals surface area contributed by atoms with Crippen molar-refractivity contribution in [2.45, 2.75) is 19.5 Å². The zero-order chi connectivity index (χ0) is 13.0. The third-order valence-electron chi connectivity index (χ3n) is 2.46. The van der Waals surface area contributed by atoms with Gasteiger partial charge in [-0.25, -0.2) is 13.8 Å². The van der Waals surface area contributed by atoms with E-state index in [1.54, 1.807) is 24.1 Å². The summed E-state index contributed by atoms with van der Waals surface area (Å²) in [5, 5.41) is 7.22. The van der Waals surface area contributed by atoms with E-state index in [-0.39, 0.29) is 5.56 Å². The molecule has 1 N–H and O–H groups in total. The van der Waals surface area contributed by atoms with Crippen molar-refractivity contribution in [3.63, 3.8) is 0 Å². The van der Waals surface area contributed by atoms with Crippen molar-refractivity contribution in [2.75, 3.05) is 0 Å². The number of benzene rings is 1. The van der Waals surface area contributed by atoms with E-state index in [9.17, 15) is 8.78 Å². The lowest BCUT2D eigenvalue weighted by molar-refractivity contribution is 0.151. The highest BCUT2D eigenvalue weighted by Crippen LogP contribution is 2.19. The van der Waals surface area contributed by atoms with E-state index in [2.05, 4.69) is 15.4 Å². The Hall–Kier alpha value is -1.82. The summed E-state index contributed by atoms with van der Waals surface area (Å²) in [5.41, 5.74) is 0.869. The van der Waals surface area contributed by atoms with Crippen LogP contribution in [-0.2, 0) is 20.1 Å². The van der Waals surface area contributed by atoms with Crippen molar-refractivity contribution in [3.8, 4) is 0 Å². The summed E-state index contributed by atoms with van der Waals surface area (Å²) in [6.07, 6.45) is -0.809. The summed E-state index contributed by atoms with van der Waals surface area (Å²) in [4.78, 5) is 4.06. The molecule has 0 aliphatic heterocycles. The molecule has 2 rings (SSSR count). The second-order valence-electron chi connectivity index (χ2n) is 3.98. The van der Waals surface area contributed by atoms with Crippen molar-refractivity contribution in [1.29, 1.82) is 0 Å². The molecule has 1 aromatic carbocycles. The molecule has 96 valence electrons. The van der Waals surface area contributed by atoms with Crippen LogP contribution >= 0.6 is 0 Å². The molecule has 0 fully saturated rings. The van der Waals surface area contributed by atoms with Crippen LogP contribution in [0.1, 0.15) is 23.4 Å². The summed E-state index contributed by atoms with van der Waals surface area (Å²) in [6.45, 7) is 1.03. The molecule has 1 heterocycles. The number of aryl methyl sites for hydroxylation is 1. The van der Waals surface area contributed by atoms with Gasteiger partial charge in [0.15, 0.2) is 5.82 Å². The van der Waals surface area contributed by atoms with E-state index >= 15 is 0 Å². The molecule has 0 saturated heterocycles. The molecule has 0 radical (unpaired) electrons. The van der Waals surface area contributed by atoms with Crippen LogP contribution in [0.3, 0.4) is 0 Å². The molecule has 0 bridgehead atoms. The van der Waals surface area contributed by atoms with Crippen LogP contribution in [0.5, 0.6) is 0 Å². The summed E-state index contributed by atoms with van der Waals surface area (Å²) < 4.78 is 26.6. The molecular weight excluding hydrogens is 238 g/mol. The first kappa shape index (κ1) is 12.6. The Kier molecular flexibility index (Phi) is 3.99. The Labute approximate surface area is 104 Å². The number of hydrogen-bond donors (Lipinski definition) is 1. The van der Waals surface area contributed by atoms with Crippen LogP contribution in [0.15, 0.2) is 30.6 Å². The van der Waals surface area contributed by atoms with Gasteiger partial charge in [-0.3, -0.25) is 4.68 Å². The molecule has 0 atom stereocenters. The van der Waals surface area contributed by atoms with Gasteiger partial charge in [0.1, 0.15) is 6.33 Å². The lowest BCUT2D eigenvalue weighted by atomic mass is 10.1. The smallest absolute Gasteiger partial charge is 0.263 e. The Morgan fingerprint density at radius 3 is 2.83 bits per heavy atom. The molecule has 0 aliphatic rings. The van der Waals surface area contributed by atoms with E-state index in [4.69, 9.17) is 0 Å². The predicted octanol–water partition coefficient (Wildman–Crippen LogP) is 2.04. The SMILES string of the molecule is Cn1cnc(CNCc2cccc(C(F)F)c2)n1. The van der Waals surface area contributed by atoms with Gasteiger partial charge in [0.2, 0.25) is 0 Å². The van der Waals surface area contributed by atoms with Gasteiger partial charge < -0.3 is 5.32 Å². The van der Waals surface area contributed by atoms with Crippen molar-refractivity contribution in [1.82, 2.24) is 20.1 Å². The lowest BCUT2D eigenvalue weighted by Crippen LogP contribution is -2.14. The minimum Gasteiger partial charge on any atom is -0.306 e. The maximum absolute atomic E-state index is 12.5.